The number of amides is 1. The molecular formula is C13H18BrNO3. The van der Waals surface area contributed by atoms with Gasteiger partial charge in [-0.3, -0.25) is 4.79 Å². The maximum atomic E-state index is 11.9. The Balaban J connectivity index is 2.35. The quantitative estimate of drug-likeness (QED) is 0.755. The molecular weight excluding hydrogens is 298 g/mol. The molecule has 18 heavy (non-hydrogen) atoms. The van der Waals surface area contributed by atoms with Crippen molar-refractivity contribution >= 4 is 21.8 Å². The molecule has 0 saturated carbocycles. The number of hydrogen-bond acceptors (Lipinski definition) is 3. The number of halogens is 1. The van der Waals surface area contributed by atoms with Gasteiger partial charge in [0.2, 0.25) is 0 Å². The van der Waals surface area contributed by atoms with E-state index in [0.29, 0.717) is 25.3 Å². The third kappa shape index (κ3) is 4.76. The van der Waals surface area contributed by atoms with Gasteiger partial charge in [0.1, 0.15) is 0 Å². The van der Waals surface area contributed by atoms with Crippen molar-refractivity contribution in [3.05, 3.63) is 33.8 Å². The van der Waals surface area contributed by atoms with Gasteiger partial charge < -0.3 is 15.2 Å². The molecule has 0 aliphatic carbocycles. The molecule has 1 amide bonds. The Morgan fingerprint density at radius 3 is 2.94 bits per heavy atom. The number of aliphatic hydroxyl groups excluding tert-OH is 1. The van der Waals surface area contributed by atoms with Gasteiger partial charge in [0.25, 0.3) is 5.91 Å². The second-order valence-corrected chi connectivity index (χ2v) is 4.67. The lowest BCUT2D eigenvalue weighted by atomic mass is 10.1. The van der Waals surface area contributed by atoms with E-state index in [4.69, 9.17) is 9.84 Å². The number of benzene rings is 1. The van der Waals surface area contributed by atoms with E-state index in [2.05, 4.69) is 21.2 Å². The smallest absolute Gasteiger partial charge is 0.252 e. The van der Waals surface area contributed by atoms with Gasteiger partial charge in [-0.2, -0.15) is 0 Å². The van der Waals surface area contributed by atoms with Crippen LogP contribution in [0.25, 0.3) is 0 Å². The molecule has 1 rings (SSSR count). The first-order chi connectivity index (χ1) is 8.66. The molecule has 0 unspecified atom stereocenters. The lowest BCUT2D eigenvalue weighted by Crippen LogP contribution is -2.25. The minimum atomic E-state index is -0.0901. The van der Waals surface area contributed by atoms with Gasteiger partial charge in [-0.05, 0) is 40.9 Å². The summed E-state index contributed by atoms with van der Waals surface area (Å²) in [5, 5.41) is 11.3. The van der Waals surface area contributed by atoms with Crippen LogP contribution < -0.4 is 5.32 Å². The largest absolute Gasteiger partial charge is 0.394 e. The first-order valence-corrected chi connectivity index (χ1v) is 6.68. The Morgan fingerprint density at radius 1 is 1.44 bits per heavy atom. The molecule has 0 aliphatic rings. The zero-order valence-electron chi connectivity index (χ0n) is 10.4. The first-order valence-electron chi connectivity index (χ1n) is 5.88. The Bertz CT molecular complexity index is 396. The van der Waals surface area contributed by atoms with Crippen LogP contribution in [-0.2, 0) is 4.74 Å². The normalized spacial score (nSPS) is 10.4. The molecule has 0 aromatic heterocycles. The molecule has 0 saturated heterocycles. The molecule has 4 nitrogen and oxygen atoms in total. The molecule has 0 heterocycles. The summed E-state index contributed by atoms with van der Waals surface area (Å²) in [6, 6.07) is 5.59. The fraction of sp³-hybridized carbons (Fsp3) is 0.462. The van der Waals surface area contributed by atoms with Crippen LogP contribution in [-0.4, -0.2) is 37.4 Å². The molecule has 2 N–H and O–H groups in total. The summed E-state index contributed by atoms with van der Waals surface area (Å²) in [5.41, 5.74) is 1.68. The number of carbonyl (C=O) groups excluding carboxylic acids is 1. The molecule has 0 atom stereocenters. The van der Waals surface area contributed by atoms with E-state index in [0.717, 1.165) is 16.5 Å². The minimum absolute atomic E-state index is 0.0304. The lowest BCUT2D eigenvalue weighted by molar-refractivity contribution is 0.0867. The van der Waals surface area contributed by atoms with Crippen molar-refractivity contribution in [3.8, 4) is 0 Å². The van der Waals surface area contributed by atoms with E-state index in [1.807, 2.05) is 19.1 Å². The summed E-state index contributed by atoms with van der Waals surface area (Å²) in [5.74, 6) is -0.0901. The van der Waals surface area contributed by atoms with E-state index in [1.54, 1.807) is 6.07 Å². The summed E-state index contributed by atoms with van der Waals surface area (Å²) >= 11 is 3.41. The van der Waals surface area contributed by atoms with Crippen molar-refractivity contribution in [1.82, 2.24) is 5.32 Å². The predicted molar refractivity (Wildman–Crippen MR) is 73.7 cm³/mol. The molecule has 0 spiro atoms. The van der Waals surface area contributed by atoms with Gasteiger partial charge in [-0.15, -0.1) is 0 Å². The Morgan fingerprint density at radius 2 is 2.22 bits per heavy atom. The van der Waals surface area contributed by atoms with E-state index >= 15 is 0 Å². The highest BCUT2D eigenvalue weighted by atomic mass is 79.9. The first kappa shape index (κ1) is 15.1. The van der Waals surface area contributed by atoms with Gasteiger partial charge in [0.15, 0.2) is 0 Å². The van der Waals surface area contributed by atoms with E-state index in [-0.39, 0.29) is 12.5 Å². The third-order valence-corrected chi connectivity index (χ3v) is 3.48. The van der Waals surface area contributed by atoms with Gasteiger partial charge >= 0.3 is 0 Å². The summed E-state index contributed by atoms with van der Waals surface area (Å²) in [6.45, 7) is 3.42. The van der Waals surface area contributed by atoms with Crippen LogP contribution in [0.1, 0.15) is 22.3 Å². The van der Waals surface area contributed by atoms with Gasteiger partial charge in [0.05, 0.1) is 18.8 Å². The summed E-state index contributed by atoms with van der Waals surface area (Å²) in [4.78, 5) is 11.9. The molecule has 0 bridgehead atoms. The van der Waals surface area contributed by atoms with Crippen molar-refractivity contribution in [3.63, 3.8) is 0 Å². The third-order valence-electron chi connectivity index (χ3n) is 2.42. The van der Waals surface area contributed by atoms with Crippen LogP contribution in [0, 0.1) is 6.92 Å². The van der Waals surface area contributed by atoms with Gasteiger partial charge in [-0.1, -0.05) is 12.1 Å². The van der Waals surface area contributed by atoms with Crippen molar-refractivity contribution in [2.24, 2.45) is 0 Å². The standard InChI is InChI=1S/C13H18BrNO3/c1-10-4-2-5-11(12(10)14)13(17)15-6-3-8-18-9-7-16/h2,4-5,16H,3,6-9H2,1H3,(H,15,17). The van der Waals surface area contributed by atoms with E-state index < -0.39 is 0 Å². The monoisotopic (exact) mass is 315 g/mol. The molecule has 0 radical (unpaired) electrons. The Kier molecular flexibility index (Phi) is 6.93. The lowest BCUT2D eigenvalue weighted by Gasteiger charge is -2.08. The molecule has 1 aromatic rings. The van der Waals surface area contributed by atoms with E-state index in [9.17, 15) is 4.79 Å². The molecule has 100 valence electrons. The van der Waals surface area contributed by atoms with Gasteiger partial charge in [-0.25, -0.2) is 0 Å². The van der Waals surface area contributed by atoms with Crippen LogP contribution in [0.4, 0.5) is 0 Å². The topological polar surface area (TPSA) is 58.6 Å². The summed E-state index contributed by atoms with van der Waals surface area (Å²) in [7, 11) is 0. The highest BCUT2D eigenvalue weighted by Gasteiger charge is 2.10. The summed E-state index contributed by atoms with van der Waals surface area (Å²) < 4.78 is 5.94. The average Bonchev–Trinajstić information content (AvgIpc) is 2.36. The number of carbonyl (C=O) groups is 1. The SMILES string of the molecule is Cc1cccc(C(=O)NCCCOCCO)c1Br. The second-order valence-electron chi connectivity index (χ2n) is 3.88. The molecule has 1 aromatic carbocycles. The van der Waals surface area contributed by atoms with Crippen LogP contribution >= 0.6 is 15.9 Å². The zero-order chi connectivity index (χ0) is 13.4. The Labute approximate surface area is 115 Å². The van der Waals surface area contributed by atoms with Gasteiger partial charge in [0, 0.05) is 17.6 Å². The van der Waals surface area contributed by atoms with Crippen LogP contribution in [0.5, 0.6) is 0 Å². The fourth-order valence-electron chi connectivity index (χ4n) is 1.46. The highest BCUT2D eigenvalue weighted by molar-refractivity contribution is 9.10. The minimum Gasteiger partial charge on any atom is -0.394 e. The second kappa shape index (κ2) is 8.24. The van der Waals surface area contributed by atoms with Crippen LogP contribution in [0.3, 0.4) is 0 Å². The summed E-state index contributed by atoms with van der Waals surface area (Å²) in [6.07, 6.45) is 0.731. The number of aliphatic hydroxyl groups is 1. The predicted octanol–water partition coefficient (Wildman–Crippen LogP) is 1.89. The Hall–Kier alpha value is -0.910. The van der Waals surface area contributed by atoms with E-state index in [1.165, 1.54) is 0 Å². The average molecular weight is 316 g/mol. The van der Waals surface area contributed by atoms with Crippen LogP contribution in [0.2, 0.25) is 0 Å². The van der Waals surface area contributed by atoms with Crippen molar-refractivity contribution in [1.29, 1.82) is 0 Å². The highest BCUT2D eigenvalue weighted by Crippen LogP contribution is 2.20. The van der Waals surface area contributed by atoms with Crippen molar-refractivity contribution in [2.75, 3.05) is 26.4 Å². The fourth-order valence-corrected chi connectivity index (χ4v) is 1.91. The van der Waals surface area contributed by atoms with Crippen LogP contribution in [0.15, 0.2) is 22.7 Å². The van der Waals surface area contributed by atoms with Crippen molar-refractivity contribution < 1.29 is 14.6 Å². The number of ether oxygens (including phenoxy) is 1. The molecule has 0 aliphatic heterocycles. The number of aryl methyl sites for hydroxylation is 1. The number of hydrogen-bond donors (Lipinski definition) is 2. The van der Waals surface area contributed by atoms with Crippen molar-refractivity contribution in [2.45, 2.75) is 13.3 Å². The molecule has 5 heteroatoms. The maximum Gasteiger partial charge on any atom is 0.252 e. The zero-order valence-corrected chi connectivity index (χ0v) is 12.0. The maximum absolute atomic E-state index is 11.9. The number of rotatable bonds is 7. The molecule has 0 fully saturated rings. The number of nitrogens with one attached hydrogen (secondary N) is 1.